The van der Waals surface area contributed by atoms with Gasteiger partial charge in [0, 0.05) is 12.1 Å². The molecule has 1 rings (SSSR count). The highest BCUT2D eigenvalue weighted by molar-refractivity contribution is 6.25. The molecule has 1 nitrogen and oxygen atoms in total. The topological polar surface area (TPSA) is 26.0 Å². The Labute approximate surface area is 83.5 Å². The van der Waals surface area contributed by atoms with Crippen LogP contribution in [0.3, 0.4) is 0 Å². The Hall–Kier alpha value is -1.05. The Morgan fingerprint density at radius 3 is 2.54 bits per heavy atom. The van der Waals surface area contributed by atoms with Crippen LogP contribution in [-0.4, -0.2) is 6.54 Å². The lowest BCUT2D eigenvalue weighted by Crippen LogP contribution is -1.99. The largest absolute Gasteiger partial charge is 0.326 e. The first kappa shape index (κ1) is 10.0. The fourth-order valence-electron chi connectivity index (χ4n) is 0.916. The van der Waals surface area contributed by atoms with E-state index in [2.05, 4.69) is 0 Å². The van der Waals surface area contributed by atoms with Crippen molar-refractivity contribution < 1.29 is 0 Å². The van der Waals surface area contributed by atoms with Gasteiger partial charge < -0.3 is 5.73 Å². The Kier molecular flexibility index (Phi) is 4.30. The van der Waals surface area contributed by atoms with E-state index in [1.54, 1.807) is 0 Å². The van der Waals surface area contributed by atoms with E-state index in [0.29, 0.717) is 6.54 Å². The van der Waals surface area contributed by atoms with E-state index in [9.17, 15) is 0 Å². The van der Waals surface area contributed by atoms with Crippen LogP contribution in [0.4, 0.5) is 0 Å². The minimum Gasteiger partial charge on any atom is -0.326 e. The van der Waals surface area contributed by atoms with Gasteiger partial charge in [-0.3, -0.25) is 0 Å². The van der Waals surface area contributed by atoms with Crippen molar-refractivity contribution in [2.45, 2.75) is 0 Å². The summed E-state index contributed by atoms with van der Waals surface area (Å²) in [6, 6.07) is 10.0. The van der Waals surface area contributed by atoms with Crippen molar-refractivity contribution in [2.75, 3.05) is 6.54 Å². The fourth-order valence-corrected chi connectivity index (χ4v) is 1.08. The predicted molar refractivity (Wildman–Crippen MR) is 58.5 cm³/mol. The summed E-state index contributed by atoms with van der Waals surface area (Å²) in [5.74, 6) is 0. The molecule has 68 valence electrons. The molecule has 2 N–H and O–H groups in total. The molecule has 0 atom stereocenters. The second kappa shape index (κ2) is 5.57. The first-order valence-electron chi connectivity index (χ1n) is 4.09. The Morgan fingerprint density at radius 2 is 2.00 bits per heavy atom. The van der Waals surface area contributed by atoms with Crippen LogP contribution in [0.2, 0.25) is 0 Å². The smallest absolute Gasteiger partial charge is 0.0186 e. The summed E-state index contributed by atoms with van der Waals surface area (Å²) < 4.78 is 0. The van der Waals surface area contributed by atoms with Crippen LogP contribution < -0.4 is 5.73 Å². The van der Waals surface area contributed by atoms with Crippen LogP contribution in [-0.2, 0) is 0 Å². The summed E-state index contributed by atoms with van der Waals surface area (Å²) in [6.07, 6.45) is 3.91. The Balaban J connectivity index is 2.69. The van der Waals surface area contributed by atoms with E-state index in [1.807, 2.05) is 42.5 Å². The van der Waals surface area contributed by atoms with Gasteiger partial charge in [0.2, 0.25) is 0 Å². The molecule has 1 aromatic rings. The monoisotopic (exact) mass is 193 g/mol. The van der Waals surface area contributed by atoms with Gasteiger partial charge in [0.05, 0.1) is 0 Å². The van der Waals surface area contributed by atoms with E-state index in [0.717, 1.165) is 11.1 Å². The first-order chi connectivity index (χ1) is 6.36. The molecule has 0 aliphatic rings. The number of hydrogen-bond donors (Lipinski definition) is 1. The molecule has 0 saturated heterocycles. The SMILES string of the molecule is NC/C(C=Cc1ccccc1)=C/Cl. The number of rotatable bonds is 3. The number of benzene rings is 1. The van der Waals surface area contributed by atoms with Gasteiger partial charge in [-0.2, -0.15) is 0 Å². The van der Waals surface area contributed by atoms with E-state index in [-0.39, 0.29) is 0 Å². The number of nitrogens with two attached hydrogens (primary N) is 1. The minimum atomic E-state index is 0.465. The van der Waals surface area contributed by atoms with Crippen LogP contribution in [0, 0.1) is 0 Å². The molecule has 0 saturated carbocycles. The predicted octanol–water partition coefficient (Wildman–Crippen LogP) is 2.78. The fraction of sp³-hybridized carbons (Fsp3) is 0.0909. The maximum Gasteiger partial charge on any atom is 0.0186 e. The highest BCUT2D eigenvalue weighted by Gasteiger charge is 1.86. The van der Waals surface area contributed by atoms with Gasteiger partial charge >= 0.3 is 0 Å². The van der Waals surface area contributed by atoms with Gasteiger partial charge in [-0.15, -0.1) is 0 Å². The lowest BCUT2D eigenvalue weighted by atomic mass is 10.2. The van der Waals surface area contributed by atoms with Crippen molar-refractivity contribution in [2.24, 2.45) is 5.73 Å². The second-order valence-electron chi connectivity index (χ2n) is 2.63. The lowest BCUT2D eigenvalue weighted by molar-refractivity contribution is 1.20. The third-order valence-electron chi connectivity index (χ3n) is 1.67. The maximum absolute atomic E-state index is 5.54. The summed E-state index contributed by atoms with van der Waals surface area (Å²) in [7, 11) is 0. The van der Waals surface area contributed by atoms with Crippen LogP contribution in [0.15, 0.2) is 47.5 Å². The van der Waals surface area contributed by atoms with Gasteiger partial charge in [0.25, 0.3) is 0 Å². The molecular formula is C11H12ClN. The average Bonchev–Trinajstić information content (AvgIpc) is 2.21. The van der Waals surface area contributed by atoms with Crippen LogP contribution >= 0.6 is 11.6 Å². The zero-order chi connectivity index (χ0) is 9.52. The molecule has 2 heteroatoms. The zero-order valence-electron chi connectivity index (χ0n) is 7.28. The van der Waals surface area contributed by atoms with Crippen molar-refractivity contribution in [1.82, 2.24) is 0 Å². The van der Waals surface area contributed by atoms with Crippen molar-refractivity contribution in [3.8, 4) is 0 Å². The molecule has 0 aliphatic heterocycles. The average molecular weight is 194 g/mol. The van der Waals surface area contributed by atoms with E-state index >= 15 is 0 Å². The first-order valence-corrected chi connectivity index (χ1v) is 4.53. The molecule has 0 radical (unpaired) electrons. The summed E-state index contributed by atoms with van der Waals surface area (Å²) in [4.78, 5) is 0. The maximum atomic E-state index is 5.54. The Morgan fingerprint density at radius 1 is 1.31 bits per heavy atom. The van der Waals surface area contributed by atoms with Gasteiger partial charge in [0.1, 0.15) is 0 Å². The van der Waals surface area contributed by atoms with Crippen LogP contribution in [0.25, 0.3) is 6.08 Å². The number of hydrogen-bond acceptors (Lipinski definition) is 1. The van der Waals surface area contributed by atoms with E-state index < -0.39 is 0 Å². The van der Waals surface area contributed by atoms with Gasteiger partial charge in [0.15, 0.2) is 0 Å². The minimum absolute atomic E-state index is 0.465. The van der Waals surface area contributed by atoms with Crippen LogP contribution in [0.5, 0.6) is 0 Å². The molecule has 0 bridgehead atoms. The third-order valence-corrected chi connectivity index (χ3v) is 1.95. The quantitative estimate of drug-likeness (QED) is 0.735. The highest BCUT2D eigenvalue weighted by atomic mass is 35.5. The van der Waals surface area contributed by atoms with E-state index in [4.69, 9.17) is 17.3 Å². The van der Waals surface area contributed by atoms with Gasteiger partial charge in [-0.05, 0) is 11.1 Å². The molecule has 0 fully saturated rings. The standard InChI is InChI=1S/C11H12ClN/c12-8-11(9-13)7-6-10-4-2-1-3-5-10/h1-8H,9,13H2/b7-6?,11-8+. The van der Waals surface area contributed by atoms with Gasteiger partial charge in [-0.1, -0.05) is 54.1 Å². The molecule has 0 unspecified atom stereocenters. The van der Waals surface area contributed by atoms with Crippen LogP contribution in [0.1, 0.15) is 5.56 Å². The molecule has 0 amide bonds. The third kappa shape index (κ3) is 3.45. The van der Waals surface area contributed by atoms with Crippen molar-refractivity contribution in [3.63, 3.8) is 0 Å². The summed E-state index contributed by atoms with van der Waals surface area (Å²) in [5.41, 5.74) is 9.01. The van der Waals surface area contributed by atoms with Crippen molar-refractivity contribution in [3.05, 3.63) is 53.1 Å². The molecule has 13 heavy (non-hydrogen) atoms. The number of halogens is 1. The zero-order valence-corrected chi connectivity index (χ0v) is 8.04. The molecule has 0 spiro atoms. The lowest BCUT2D eigenvalue weighted by Gasteiger charge is -1.94. The van der Waals surface area contributed by atoms with Crippen molar-refractivity contribution in [1.29, 1.82) is 0 Å². The molecule has 0 heterocycles. The highest BCUT2D eigenvalue weighted by Crippen LogP contribution is 2.04. The molecular weight excluding hydrogens is 182 g/mol. The van der Waals surface area contributed by atoms with Gasteiger partial charge in [-0.25, -0.2) is 0 Å². The Bertz CT molecular complexity index is 301. The normalized spacial score (nSPS) is 12.3. The second-order valence-corrected chi connectivity index (χ2v) is 2.85. The van der Waals surface area contributed by atoms with E-state index in [1.165, 1.54) is 5.54 Å². The summed E-state index contributed by atoms with van der Waals surface area (Å²) in [5, 5.41) is 0. The summed E-state index contributed by atoms with van der Waals surface area (Å²) in [6.45, 7) is 0.465. The van der Waals surface area contributed by atoms with Crippen molar-refractivity contribution >= 4 is 17.7 Å². The molecule has 0 aliphatic carbocycles. The summed E-state index contributed by atoms with van der Waals surface area (Å²) >= 11 is 5.54. The molecule has 1 aromatic carbocycles. The molecule has 0 aromatic heterocycles.